The molecule has 5 nitrogen and oxygen atoms in total. The highest BCUT2D eigenvalue weighted by molar-refractivity contribution is 9.11. The first-order valence-corrected chi connectivity index (χ1v) is 8.11. The average molecular weight is 379 g/mol. The summed E-state index contributed by atoms with van der Waals surface area (Å²) < 4.78 is 6.21. The van der Waals surface area contributed by atoms with Gasteiger partial charge in [-0.3, -0.25) is 4.79 Å². The summed E-state index contributed by atoms with van der Waals surface area (Å²) in [6, 6.07) is 10.5. The third-order valence-corrected chi connectivity index (χ3v) is 4.68. The van der Waals surface area contributed by atoms with Gasteiger partial charge in [-0.2, -0.15) is 0 Å². The number of H-pyrrole nitrogens is 1. The van der Waals surface area contributed by atoms with Crippen molar-refractivity contribution in [3.05, 3.63) is 61.2 Å². The second-order valence-corrected chi connectivity index (χ2v) is 7.08. The SMILES string of the molecule is C[C@H](OC(=O)c1ccc(Br)s1)c1nc2ccccc2c(=O)[nH]1. The van der Waals surface area contributed by atoms with Crippen LogP contribution in [-0.2, 0) is 4.74 Å². The summed E-state index contributed by atoms with van der Waals surface area (Å²) >= 11 is 4.59. The number of hydrogen-bond donors (Lipinski definition) is 1. The lowest BCUT2D eigenvalue weighted by molar-refractivity contribution is 0.0326. The first kappa shape index (κ1) is 14.9. The monoisotopic (exact) mass is 378 g/mol. The van der Waals surface area contributed by atoms with E-state index >= 15 is 0 Å². The number of esters is 1. The zero-order valence-corrected chi connectivity index (χ0v) is 13.9. The average Bonchev–Trinajstić information content (AvgIpc) is 2.94. The highest BCUT2D eigenvalue weighted by atomic mass is 79.9. The fourth-order valence-corrected chi connectivity index (χ4v) is 3.26. The van der Waals surface area contributed by atoms with Crippen LogP contribution < -0.4 is 5.56 Å². The number of rotatable bonds is 3. The molecular weight excluding hydrogens is 368 g/mol. The molecule has 0 amide bonds. The van der Waals surface area contributed by atoms with Crippen molar-refractivity contribution in [2.75, 3.05) is 0 Å². The van der Waals surface area contributed by atoms with Gasteiger partial charge in [-0.1, -0.05) is 12.1 Å². The maximum atomic E-state index is 12.0. The minimum absolute atomic E-state index is 0.248. The van der Waals surface area contributed by atoms with Gasteiger partial charge in [0, 0.05) is 0 Å². The lowest BCUT2D eigenvalue weighted by Crippen LogP contribution is -2.17. The highest BCUT2D eigenvalue weighted by Gasteiger charge is 2.18. The first-order chi connectivity index (χ1) is 10.5. The number of carbonyl (C=O) groups excluding carboxylic acids is 1. The van der Waals surface area contributed by atoms with E-state index in [1.54, 1.807) is 43.3 Å². The molecule has 1 atom stereocenters. The summed E-state index contributed by atoms with van der Waals surface area (Å²) in [6.07, 6.45) is -0.648. The molecule has 3 aromatic rings. The van der Waals surface area contributed by atoms with Crippen molar-refractivity contribution in [3.63, 3.8) is 0 Å². The number of nitrogens with zero attached hydrogens (tertiary/aromatic N) is 1. The van der Waals surface area contributed by atoms with Crippen molar-refractivity contribution in [3.8, 4) is 0 Å². The predicted octanol–water partition coefficient (Wildman–Crippen LogP) is 3.67. The van der Waals surface area contributed by atoms with Crippen LogP contribution in [0.2, 0.25) is 0 Å². The van der Waals surface area contributed by atoms with Gasteiger partial charge in [-0.05, 0) is 47.1 Å². The van der Waals surface area contributed by atoms with Crippen LogP contribution in [0.5, 0.6) is 0 Å². The smallest absolute Gasteiger partial charge is 0.349 e. The lowest BCUT2D eigenvalue weighted by Gasteiger charge is -2.12. The molecule has 1 aromatic carbocycles. The highest BCUT2D eigenvalue weighted by Crippen LogP contribution is 2.24. The van der Waals surface area contributed by atoms with Crippen molar-refractivity contribution in [1.82, 2.24) is 9.97 Å². The van der Waals surface area contributed by atoms with Crippen LogP contribution in [0, 0.1) is 0 Å². The number of thiophene rings is 1. The largest absolute Gasteiger partial charge is 0.450 e. The molecule has 3 rings (SSSR count). The van der Waals surface area contributed by atoms with Gasteiger partial charge < -0.3 is 9.72 Å². The van der Waals surface area contributed by atoms with Gasteiger partial charge in [0.1, 0.15) is 4.88 Å². The topological polar surface area (TPSA) is 72.0 Å². The van der Waals surface area contributed by atoms with Gasteiger partial charge in [-0.15, -0.1) is 11.3 Å². The molecule has 2 aromatic heterocycles. The van der Waals surface area contributed by atoms with E-state index in [2.05, 4.69) is 25.9 Å². The molecule has 0 fully saturated rings. The summed E-state index contributed by atoms with van der Waals surface area (Å²) in [5.74, 6) is -0.119. The normalized spacial score (nSPS) is 12.3. The molecule has 1 N–H and O–H groups in total. The molecular formula is C15H11BrN2O3S. The van der Waals surface area contributed by atoms with Crippen molar-refractivity contribution in [1.29, 1.82) is 0 Å². The van der Waals surface area contributed by atoms with Gasteiger partial charge in [0.05, 0.1) is 14.7 Å². The molecule has 0 bridgehead atoms. The number of halogens is 1. The fraction of sp³-hybridized carbons (Fsp3) is 0.133. The van der Waals surface area contributed by atoms with Crippen LogP contribution >= 0.6 is 27.3 Å². The Morgan fingerprint density at radius 1 is 1.32 bits per heavy atom. The Kier molecular flexibility index (Phi) is 4.08. The van der Waals surface area contributed by atoms with Crippen LogP contribution in [0.15, 0.2) is 45.0 Å². The van der Waals surface area contributed by atoms with Crippen LogP contribution in [0.4, 0.5) is 0 Å². The third-order valence-electron chi connectivity index (χ3n) is 3.07. The zero-order chi connectivity index (χ0) is 15.7. The number of ether oxygens (including phenoxy) is 1. The number of hydrogen-bond acceptors (Lipinski definition) is 5. The first-order valence-electron chi connectivity index (χ1n) is 6.50. The molecule has 0 aliphatic carbocycles. The van der Waals surface area contributed by atoms with E-state index in [1.807, 2.05) is 0 Å². The van der Waals surface area contributed by atoms with Crippen molar-refractivity contribution < 1.29 is 9.53 Å². The Bertz CT molecular complexity index is 903. The second kappa shape index (κ2) is 6.02. The number of fused-ring (bicyclic) bond motifs is 1. The quantitative estimate of drug-likeness (QED) is 0.705. The van der Waals surface area contributed by atoms with Crippen molar-refractivity contribution in [2.45, 2.75) is 13.0 Å². The maximum Gasteiger partial charge on any atom is 0.349 e. The van der Waals surface area contributed by atoms with Crippen molar-refractivity contribution >= 4 is 44.1 Å². The Hall–Kier alpha value is -1.99. The molecule has 112 valence electrons. The van der Waals surface area contributed by atoms with Crippen LogP contribution in [0.1, 0.15) is 28.5 Å². The fourth-order valence-electron chi connectivity index (χ4n) is 2.00. The Labute approximate surface area is 138 Å². The molecule has 0 radical (unpaired) electrons. The molecule has 0 aliphatic heterocycles. The van der Waals surface area contributed by atoms with E-state index in [4.69, 9.17) is 4.74 Å². The zero-order valence-electron chi connectivity index (χ0n) is 11.5. The minimum Gasteiger partial charge on any atom is -0.450 e. The van der Waals surface area contributed by atoms with E-state index in [-0.39, 0.29) is 5.56 Å². The van der Waals surface area contributed by atoms with E-state index in [9.17, 15) is 9.59 Å². The molecule has 0 aliphatic rings. The van der Waals surface area contributed by atoms with Crippen LogP contribution in [-0.4, -0.2) is 15.9 Å². The van der Waals surface area contributed by atoms with Gasteiger partial charge in [0.25, 0.3) is 5.56 Å². The lowest BCUT2D eigenvalue weighted by atomic mass is 10.2. The number of nitrogens with one attached hydrogen (secondary N) is 1. The van der Waals surface area contributed by atoms with Crippen molar-refractivity contribution in [2.24, 2.45) is 0 Å². The molecule has 0 spiro atoms. The summed E-state index contributed by atoms with van der Waals surface area (Å²) in [4.78, 5) is 31.6. The van der Waals surface area contributed by atoms with Gasteiger partial charge in [0.15, 0.2) is 11.9 Å². The number of aromatic nitrogens is 2. The number of para-hydroxylation sites is 1. The van der Waals surface area contributed by atoms with Crippen LogP contribution in [0.25, 0.3) is 10.9 Å². The summed E-state index contributed by atoms with van der Waals surface area (Å²) in [5.41, 5.74) is 0.324. The van der Waals surface area contributed by atoms with Gasteiger partial charge >= 0.3 is 5.97 Å². The maximum absolute atomic E-state index is 12.0. The summed E-state index contributed by atoms with van der Waals surface area (Å²) in [6.45, 7) is 1.67. The van der Waals surface area contributed by atoms with E-state index in [0.717, 1.165) is 3.79 Å². The molecule has 0 unspecified atom stereocenters. The van der Waals surface area contributed by atoms with Gasteiger partial charge in [0.2, 0.25) is 0 Å². The standard InChI is InChI=1S/C15H11BrN2O3S/c1-8(21-15(20)11-6-7-12(16)22-11)13-17-10-5-3-2-4-9(10)14(19)18-13/h2-8H,1H3,(H,17,18,19)/t8-/m0/s1. The summed E-state index contributed by atoms with van der Waals surface area (Å²) in [7, 11) is 0. The third kappa shape index (κ3) is 2.95. The van der Waals surface area contributed by atoms with Gasteiger partial charge in [-0.25, -0.2) is 9.78 Å². The van der Waals surface area contributed by atoms with E-state index in [0.29, 0.717) is 21.6 Å². The molecule has 2 heterocycles. The Balaban J connectivity index is 1.87. The molecule has 22 heavy (non-hydrogen) atoms. The van der Waals surface area contributed by atoms with E-state index in [1.165, 1.54) is 11.3 Å². The molecule has 7 heteroatoms. The summed E-state index contributed by atoms with van der Waals surface area (Å²) in [5, 5.41) is 0.506. The molecule has 0 saturated carbocycles. The minimum atomic E-state index is -0.648. The molecule has 0 saturated heterocycles. The number of aromatic amines is 1. The second-order valence-electron chi connectivity index (χ2n) is 4.62. The Morgan fingerprint density at radius 3 is 2.82 bits per heavy atom. The number of benzene rings is 1. The predicted molar refractivity (Wildman–Crippen MR) is 88.2 cm³/mol. The van der Waals surface area contributed by atoms with E-state index < -0.39 is 12.1 Å². The Morgan fingerprint density at radius 2 is 2.09 bits per heavy atom. The van der Waals surface area contributed by atoms with Crippen LogP contribution in [0.3, 0.4) is 0 Å². The number of carbonyl (C=O) groups is 1.